The zero-order chi connectivity index (χ0) is 20.2. The molecule has 0 aliphatic heterocycles. The van der Waals surface area contributed by atoms with Crippen LogP contribution < -0.4 is 10.1 Å². The van der Waals surface area contributed by atoms with Gasteiger partial charge < -0.3 is 10.1 Å². The number of alkyl halides is 2. The van der Waals surface area contributed by atoms with Crippen LogP contribution >= 0.6 is 11.6 Å². The normalized spacial score (nSPS) is 21.7. The molecule has 9 heteroatoms. The maximum Gasteiger partial charge on any atom is 0.387 e. The monoisotopic (exact) mass is 423 g/mol. The highest BCUT2D eigenvalue weighted by Crippen LogP contribution is 2.28. The summed E-state index contributed by atoms with van der Waals surface area (Å²) < 4.78 is 54.7. The predicted octanol–water partition coefficient (Wildman–Crippen LogP) is 3.94. The Bertz CT molecular complexity index is 765. The van der Waals surface area contributed by atoms with E-state index in [9.17, 15) is 22.0 Å². The summed E-state index contributed by atoms with van der Waals surface area (Å²) in [6, 6.07) is 3.74. The molecule has 1 aliphatic carbocycles. The molecule has 0 aromatic heterocycles. The van der Waals surface area contributed by atoms with Gasteiger partial charge in [-0.2, -0.15) is 8.78 Å². The Morgan fingerprint density at radius 1 is 1.30 bits per heavy atom. The average Bonchev–Trinajstić information content (AvgIpc) is 2.58. The molecule has 5 nitrogen and oxygen atoms in total. The van der Waals surface area contributed by atoms with E-state index in [1.165, 1.54) is 25.1 Å². The summed E-state index contributed by atoms with van der Waals surface area (Å²) in [5.74, 6) is -0.860. The molecule has 1 aromatic carbocycles. The Kier molecular flexibility index (Phi) is 7.45. The highest BCUT2D eigenvalue weighted by molar-refractivity contribution is 7.92. The lowest BCUT2D eigenvalue weighted by Crippen LogP contribution is -2.44. The van der Waals surface area contributed by atoms with Crippen molar-refractivity contribution in [3.8, 4) is 5.75 Å². The summed E-state index contributed by atoms with van der Waals surface area (Å²) >= 11 is 5.85. The lowest BCUT2D eigenvalue weighted by molar-refractivity contribution is -0.121. The first-order valence-corrected chi connectivity index (χ1v) is 10.9. The maximum absolute atomic E-state index is 12.6. The number of rotatable bonds is 7. The number of halogens is 3. The SMILES string of the molecule is CC1CCC(NC(=O)[C@@H](C)S(=O)(=O)Cc2cc(Cl)ccc2OC(F)F)CC1. The molecule has 0 unspecified atom stereocenters. The molecule has 0 saturated heterocycles. The standard InChI is InChI=1S/C18H24ClF2NO4S/c1-11-3-6-15(7-4-11)22-17(23)12(2)27(24,25)10-13-9-14(19)5-8-16(13)26-18(20)21/h5,8-9,11-12,15,18H,3-4,6-7,10H2,1-2H3,(H,22,23)/t11?,12-,15?/m1/s1. The van der Waals surface area contributed by atoms with Crippen molar-refractivity contribution < 1.29 is 26.7 Å². The minimum absolute atomic E-state index is 0.00561. The fraction of sp³-hybridized carbons (Fsp3) is 0.611. The van der Waals surface area contributed by atoms with E-state index in [0.29, 0.717) is 5.92 Å². The van der Waals surface area contributed by atoms with Crippen LogP contribution in [-0.2, 0) is 20.4 Å². The molecule has 0 bridgehead atoms. The highest BCUT2D eigenvalue weighted by atomic mass is 35.5. The molecule has 1 aliphatic rings. The van der Waals surface area contributed by atoms with Crippen molar-refractivity contribution in [2.24, 2.45) is 5.92 Å². The number of carbonyl (C=O) groups excluding carboxylic acids is 1. The van der Waals surface area contributed by atoms with Gasteiger partial charge in [0.05, 0.1) is 5.75 Å². The molecule has 1 saturated carbocycles. The van der Waals surface area contributed by atoms with E-state index in [0.717, 1.165) is 25.7 Å². The number of nitrogens with one attached hydrogen (secondary N) is 1. The lowest BCUT2D eigenvalue weighted by atomic mass is 9.87. The minimum atomic E-state index is -3.94. The summed E-state index contributed by atoms with van der Waals surface area (Å²) in [6.07, 6.45) is 3.62. The van der Waals surface area contributed by atoms with Crippen LogP contribution in [-0.4, -0.2) is 32.2 Å². The first-order valence-electron chi connectivity index (χ1n) is 8.83. The van der Waals surface area contributed by atoms with Gasteiger partial charge in [0.25, 0.3) is 0 Å². The summed E-state index contributed by atoms with van der Waals surface area (Å²) in [6.45, 7) is 0.353. The first kappa shape index (κ1) is 21.9. The smallest absolute Gasteiger partial charge is 0.387 e. The molecule has 0 spiro atoms. The second-order valence-corrected chi connectivity index (χ2v) is 9.80. The molecule has 152 valence electrons. The van der Waals surface area contributed by atoms with Crippen LogP contribution in [0.2, 0.25) is 5.02 Å². The molecule has 2 rings (SSSR count). The van der Waals surface area contributed by atoms with Crippen molar-refractivity contribution in [3.63, 3.8) is 0 Å². The Balaban J connectivity index is 2.09. The van der Waals surface area contributed by atoms with Gasteiger partial charge in [-0.15, -0.1) is 0 Å². The summed E-state index contributed by atoms with van der Waals surface area (Å²) in [4.78, 5) is 12.4. The van der Waals surface area contributed by atoms with Crippen LogP contribution in [0.25, 0.3) is 0 Å². The van der Waals surface area contributed by atoms with Crippen molar-refractivity contribution in [1.82, 2.24) is 5.32 Å². The molecule has 1 N–H and O–H groups in total. The number of benzene rings is 1. The van der Waals surface area contributed by atoms with Gasteiger partial charge in [0, 0.05) is 16.6 Å². The summed E-state index contributed by atoms with van der Waals surface area (Å²) in [5.41, 5.74) is -0.00561. The van der Waals surface area contributed by atoms with Crippen LogP contribution in [0.3, 0.4) is 0 Å². The van der Waals surface area contributed by atoms with Crippen molar-refractivity contribution in [2.75, 3.05) is 0 Å². The predicted molar refractivity (Wildman–Crippen MR) is 99.7 cm³/mol. The molecule has 1 atom stereocenters. The van der Waals surface area contributed by atoms with Crippen molar-refractivity contribution in [2.45, 2.75) is 63.2 Å². The first-order chi connectivity index (χ1) is 12.6. The Morgan fingerprint density at radius 3 is 2.52 bits per heavy atom. The van der Waals surface area contributed by atoms with Gasteiger partial charge in [0.1, 0.15) is 11.0 Å². The highest BCUT2D eigenvalue weighted by Gasteiger charge is 2.31. The van der Waals surface area contributed by atoms with E-state index in [-0.39, 0.29) is 22.4 Å². The fourth-order valence-corrected chi connectivity index (χ4v) is 4.60. The van der Waals surface area contributed by atoms with E-state index >= 15 is 0 Å². The van der Waals surface area contributed by atoms with Gasteiger partial charge in [-0.1, -0.05) is 18.5 Å². The third-order valence-corrected chi connectivity index (χ3v) is 7.11. The topological polar surface area (TPSA) is 72.5 Å². The molecule has 27 heavy (non-hydrogen) atoms. The van der Waals surface area contributed by atoms with Gasteiger partial charge >= 0.3 is 6.61 Å². The van der Waals surface area contributed by atoms with E-state index in [1.54, 1.807) is 0 Å². The molecule has 1 aromatic rings. The second kappa shape index (κ2) is 9.19. The lowest BCUT2D eigenvalue weighted by Gasteiger charge is -2.28. The van der Waals surface area contributed by atoms with E-state index in [4.69, 9.17) is 11.6 Å². The van der Waals surface area contributed by atoms with E-state index in [1.807, 2.05) is 0 Å². The van der Waals surface area contributed by atoms with Gasteiger partial charge in [0.15, 0.2) is 9.84 Å². The number of hydrogen-bond acceptors (Lipinski definition) is 4. The van der Waals surface area contributed by atoms with Crippen LogP contribution in [0, 0.1) is 5.92 Å². The molecule has 0 radical (unpaired) electrons. The van der Waals surface area contributed by atoms with Crippen LogP contribution in [0.4, 0.5) is 8.78 Å². The summed E-state index contributed by atoms with van der Waals surface area (Å²) in [5, 5.41) is 1.67. The van der Waals surface area contributed by atoms with Crippen molar-refractivity contribution in [1.29, 1.82) is 0 Å². The second-order valence-electron chi connectivity index (χ2n) is 7.05. The largest absolute Gasteiger partial charge is 0.435 e. The van der Waals surface area contributed by atoms with Gasteiger partial charge in [-0.3, -0.25) is 4.79 Å². The molecular weight excluding hydrogens is 400 g/mol. The fourth-order valence-electron chi connectivity index (χ4n) is 3.10. The minimum Gasteiger partial charge on any atom is -0.435 e. The van der Waals surface area contributed by atoms with Gasteiger partial charge in [-0.05, 0) is 56.7 Å². The summed E-state index contributed by atoms with van der Waals surface area (Å²) in [7, 11) is -3.94. The Hall–Kier alpha value is -1.41. The van der Waals surface area contributed by atoms with Gasteiger partial charge in [0.2, 0.25) is 5.91 Å². The average molecular weight is 424 g/mol. The zero-order valence-corrected chi connectivity index (χ0v) is 16.8. The molecule has 1 fully saturated rings. The molecule has 1 amide bonds. The molecule has 0 heterocycles. The van der Waals surface area contributed by atoms with Crippen molar-refractivity contribution in [3.05, 3.63) is 28.8 Å². The van der Waals surface area contributed by atoms with Gasteiger partial charge in [-0.25, -0.2) is 8.42 Å². The third kappa shape index (κ3) is 6.31. The zero-order valence-electron chi connectivity index (χ0n) is 15.3. The number of carbonyl (C=O) groups is 1. The number of ether oxygens (including phenoxy) is 1. The third-order valence-electron chi connectivity index (χ3n) is 4.87. The van der Waals surface area contributed by atoms with Crippen molar-refractivity contribution >= 4 is 27.3 Å². The van der Waals surface area contributed by atoms with E-state index < -0.39 is 33.4 Å². The number of sulfone groups is 1. The Labute approximate surface area is 163 Å². The Morgan fingerprint density at radius 2 is 1.93 bits per heavy atom. The van der Waals surface area contributed by atoms with Crippen LogP contribution in [0.5, 0.6) is 5.75 Å². The molecular formula is C18H24ClF2NO4S. The number of hydrogen-bond donors (Lipinski definition) is 1. The quantitative estimate of drug-likeness (QED) is 0.721. The van der Waals surface area contributed by atoms with Crippen LogP contribution in [0.15, 0.2) is 18.2 Å². The maximum atomic E-state index is 12.6. The number of amides is 1. The van der Waals surface area contributed by atoms with E-state index in [2.05, 4.69) is 17.0 Å². The van der Waals surface area contributed by atoms with Crippen LogP contribution in [0.1, 0.15) is 45.1 Å².